The van der Waals surface area contributed by atoms with Gasteiger partial charge in [-0.2, -0.15) is 0 Å². The smallest absolute Gasteiger partial charge is 0.242 e. The van der Waals surface area contributed by atoms with E-state index in [0.717, 1.165) is 6.42 Å². The van der Waals surface area contributed by atoms with Crippen LogP contribution in [0.1, 0.15) is 45.4 Å². The largest absolute Gasteiger partial charge is 0.376 e. The first-order chi connectivity index (χ1) is 9.16. The Morgan fingerprint density at radius 2 is 2.16 bits per heavy atom. The number of carbonyl (C=O) groups is 2. The number of nitrogens with one attached hydrogen (secondary N) is 2. The highest BCUT2D eigenvalue weighted by Crippen LogP contribution is 2.25. The molecule has 2 N–H and O–H groups in total. The fourth-order valence-electron chi connectivity index (χ4n) is 2.85. The minimum absolute atomic E-state index is 0.0348. The molecule has 1 saturated carbocycles. The molecule has 2 rings (SSSR count). The van der Waals surface area contributed by atoms with E-state index in [4.69, 9.17) is 4.74 Å². The van der Waals surface area contributed by atoms with E-state index < -0.39 is 0 Å². The molecule has 0 aromatic carbocycles. The molecule has 0 bridgehead atoms. The molecule has 0 aromatic rings. The molecule has 0 unspecified atom stereocenters. The third kappa shape index (κ3) is 4.20. The predicted molar refractivity (Wildman–Crippen MR) is 71.5 cm³/mol. The van der Waals surface area contributed by atoms with E-state index in [1.165, 1.54) is 19.3 Å². The first-order valence-corrected chi connectivity index (χ1v) is 7.35. The van der Waals surface area contributed by atoms with Crippen LogP contribution in [0.5, 0.6) is 0 Å². The van der Waals surface area contributed by atoms with Crippen molar-refractivity contribution in [1.82, 2.24) is 10.6 Å². The molecule has 3 atom stereocenters. The Bertz CT molecular complexity index is 333. The van der Waals surface area contributed by atoms with E-state index >= 15 is 0 Å². The van der Waals surface area contributed by atoms with Crippen LogP contribution < -0.4 is 10.6 Å². The van der Waals surface area contributed by atoms with Crippen molar-refractivity contribution in [2.45, 2.75) is 57.6 Å². The van der Waals surface area contributed by atoms with Gasteiger partial charge < -0.3 is 15.4 Å². The van der Waals surface area contributed by atoms with Crippen LogP contribution in [0.3, 0.4) is 0 Å². The Balaban J connectivity index is 1.58. The summed E-state index contributed by atoms with van der Waals surface area (Å²) < 4.78 is 5.83. The topological polar surface area (TPSA) is 67.4 Å². The second kappa shape index (κ2) is 6.89. The second-order valence-electron chi connectivity index (χ2n) is 5.62. The van der Waals surface area contributed by atoms with Crippen molar-refractivity contribution in [2.75, 3.05) is 13.2 Å². The highest BCUT2D eigenvalue weighted by molar-refractivity contribution is 5.90. The minimum Gasteiger partial charge on any atom is -0.376 e. The standard InChI is InChI=1S/C14H24N2O3/c1-10-4-2-3-5-12(10)19-9-8-15-14(18)11-6-7-13(17)16-11/h10-12H,2-9H2,1H3,(H,15,18)(H,16,17)/t10-,11-,12-/m1/s1. The van der Waals surface area contributed by atoms with Gasteiger partial charge in [0.05, 0.1) is 12.7 Å². The molecule has 1 aliphatic carbocycles. The average molecular weight is 268 g/mol. The SMILES string of the molecule is C[C@@H]1CCCC[C@H]1OCCNC(=O)[C@H]1CCC(=O)N1. The maximum absolute atomic E-state index is 11.7. The number of carbonyl (C=O) groups excluding carboxylic acids is 2. The summed E-state index contributed by atoms with van der Waals surface area (Å²) in [5, 5.41) is 5.48. The number of amides is 2. The monoisotopic (exact) mass is 268 g/mol. The van der Waals surface area contributed by atoms with Crippen LogP contribution in [0.25, 0.3) is 0 Å². The molecular weight excluding hydrogens is 244 g/mol. The van der Waals surface area contributed by atoms with Gasteiger partial charge in [-0.3, -0.25) is 9.59 Å². The Labute approximate surface area is 114 Å². The zero-order valence-electron chi connectivity index (χ0n) is 11.6. The van der Waals surface area contributed by atoms with Gasteiger partial charge in [-0.1, -0.05) is 19.8 Å². The Hall–Kier alpha value is -1.10. The van der Waals surface area contributed by atoms with Gasteiger partial charge >= 0.3 is 0 Å². The molecule has 2 aliphatic rings. The summed E-state index contributed by atoms with van der Waals surface area (Å²) in [7, 11) is 0. The number of rotatable bonds is 5. The molecule has 1 saturated heterocycles. The van der Waals surface area contributed by atoms with E-state index in [0.29, 0.717) is 38.0 Å². The van der Waals surface area contributed by atoms with Crippen LogP contribution in [0.4, 0.5) is 0 Å². The highest BCUT2D eigenvalue weighted by atomic mass is 16.5. The van der Waals surface area contributed by atoms with Crippen LogP contribution >= 0.6 is 0 Å². The van der Waals surface area contributed by atoms with Crippen LogP contribution in [0.15, 0.2) is 0 Å². The first kappa shape index (κ1) is 14.3. The van der Waals surface area contributed by atoms with Gasteiger partial charge in [-0.15, -0.1) is 0 Å². The zero-order valence-corrected chi connectivity index (χ0v) is 11.6. The number of hydrogen-bond acceptors (Lipinski definition) is 3. The van der Waals surface area contributed by atoms with Crippen LogP contribution in [-0.2, 0) is 14.3 Å². The minimum atomic E-state index is -0.346. The summed E-state index contributed by atoms with van der Waals surface area (Å²) in [5.41, 5.74) is 0. The molecule has 0 radical (unpaired) electrons. The van der Waals surface area contributed by atoms with Gasteiger partial charge in [0.25, 0.3) is 0 Å². The number of hydrogen-bond donors (Lipinski definition) is 2. The third-order valence-corrected chi connectivity index (χ3v) is 4.08. The normalized spacial score (nSPS) is 31.0. The molecule has 1 heterocycles. The molecular formula is C14H24N2O3. The zero-order chi connectivity index (χ0) is 13.7. The average Bonchev–Trinajstić information content (AvgIpc) is 2.83. The summed E-state index contributed by atoms with van der Waals surface area (Å²) in [6.45, 7) is 3.31. The van der Waals surface area contributed by atoms with Crippen LogP contribution in [0.2, 0.25) is 0 Å². The van der Waals surface area contributed by atoms with Gasteiger partial charge in [0, 0.05) is 13.0 Å². The van der Waals surface area contributed by atoms with Gasteiger partial charge in [-0.25, -0.2) is 0 Å². The van der Waals surface area contributed by atoms with Crippen molar-refractivity contribution in [3.63, 3.8) is 0 Å². The summed E-state index contributed by atoms with van der Waals surface area (Å²) in [6.07, 6.45) is 6.32. The van der Waals surface area contributed by atoms with Crippen molar-refractivity contribution >= 4 is 11.8 Å². The van der Waals surface area contributed by atoms with Gasteiger partial charge in [0.2, 0.25) is 11.8 Å². The fourth-order valence-corrected chi connectivity index (χ4v) is 2.85. The van der Waals surface area contributed by atoms with Gasteiger partial charge in [0.15, 0.2) is 0 Å². The lowest BCUT2D eigenvalue weighted by Gasteiger charge is -2.28. The molecule has 5 heteroatoms. The summed E-state index contributed by atoms with van der Waals surface area (Å²) >= 11 is 0. The second-order valence-corrected chi connectivity index (χ2v) is 5.62. The van der Waals surface area contributed by atoms with E-state index in [1.807, 2.05) is 0 Å². The molecule has 108 valence electrons. The summed E-state index contributed by atoms with van der Waals surface area (Å²) in [4.78, 5) is 22.7. The molecule has 1 aliphatic heterocycles. The summed E-state index contributed by atoms with van der Waals surface area (Å²) in [6, 6.07) is -0.346. The van der Waals surface area contributed by atoms with Crippen molar-refractivity contribution in [3.05, 3.63) is 0 Å². The van der Waals surface area contributed by atoms with Crippen molar-refractivity contribution in [2.24, 2.45) is 5.92 Å². The lowest BCUT2D eigenvalue weighted by Crippen LogP contribution is -2.43. The lowest BCUT2D eigenvalue weighted by molar-refractivity contribution is -0.126. The first-order valence-electron chi connectivity index (χ1n) is 7.35. The van der Waals surface area contributed by atoms with Crippen LogP contribution in [-0.4, -0.2) is 37.1 Å². The fraction of sp³-hybridized carbons (Fsp3) is 0.857. The number of ether oxygens (including phenoxy) is 1. The molecule has 5 nitrogen and oxygen atoms in total. The molecule has 2 amide bonds. The molecule has 0 aromatic heterocycles. The Kier molecular flexibility index (Phi) is 5.19. The predicted octanol–water partition coefficient (Wildman–Crippen LogP) is 0.976. The highest BCUT2D eigenvalue weighted by Gasteiger charge is 2.27. The van der Waals surface area contributed by atoms with E-state index in [2.05, 4.69) is 17.6 Å². The van der Waals surface area contributed by atoms with E-state index in [1.54, 1.807) is 0 Å². The molecule has 0 spiro atoms. The lowest BCUT2D eigenvalue weighted by atomic mass is 9.88. The van der Waals surface area contributed by atoms with E-state index in [9.17, 15) is 9.59 Å². The van der Waals surface area contributed by atoms with Crippen molar-refractivity contribution < 1.29 is 14.3 Å². The maximum Gasteiger partial charge on any atom is 0.242 e. The van der Waals surface area contributed by atoms with Crippen molar-refractivity contribution in [1.29, 1.82) is 0 Å². The van der Waals surface area contributed by atoms with Crippen molar-refractivity contribution in [3.8, 4) is 0 Å². The Morgan fingerprint density at radius 1 is 1.37 bits per heavy atom. The quantitative estimate of drug-likeness (QED) is 0.730. The van der Waals surface area contributed by atoms with Gasteiger partial charge in [0.1, 0.15) is 6.04 Å². The maximum atomic E-state index is 11.7. The van der Waals surface area contributed by atoms with Gasteiger partial charge in [-0.05, 0) is 25.2 Å². The Morgan fingerprint density at radius 3 is 2.84 bits per heavy atom. The molecule has 19 heavy (non-hydrogen) atoms. The summed E-state index contributed by atoms with van der Waals surface area (Å²) in [5.74, 6) is 0.497. The van der Waals surface area contributed by atoms with E-state index in [-0.39, 0.29) is 17.9 Å². The van der Waals surface area contributed by atoms with Crippen LogP contribution in [0, 0.1) is 5.92 Å². The molecule has 2 fully saturated rings. The third-order valence-electron chi connectivity index (χ3n) is 4.08.